The molecule has 0 bridgehead atoms. The van der Waals surface area contributed by atoms with E-state index in [1.54, 1.807) is 19.2 Å². The van der Waals surface area contributed by atoms with Gasteiger partial charge in [-0.2, -0.15) is 0 Å². The van der Waals surface area contributed by atoms with Crippen LogP contribution in [0.15, 0.2) is 21.5 Å². The highest BCUT2D eigenvalue weighted by Gasteiger charge is 2.16. The van der Waals surface area contributed by atoms with E-state index in [0.717, 1.165) is 17.3 Å². The molecule has 1 saturated heterocycles. The summed E-state index contributed by atoms with van der Waals surface area (Å²) in [6.07, 6.45) is 3.30. The summed E-state index contributed by atoms with van der Waals surface area (Å²) in [7, 11) is 0. The minimum absolute atomic E-state index is 0.0521. The lowest BCUT2D eigenvalue weighted by molar-refractivity contribution is -0.123. The SMILES string of the molecule is Cc1cc(Br)cn(CC(=O)NC2CCOCC2)c1=O. The molecule has 2 rings (SSSR count). The Morgan fingerprint density at radius 3 is 2.89 bits per heavy atom. The number of aromatic nitrogens is 1. The monoisotopic (exact) mass is 328 g/mol. The van der Waals surface area contributed by atoms with E-state index in [1.165, 1.54) is 4.57 Å². The van der Waals surface area contributed by atoms with Crippen molar-refractivity contribution in [2.75, 3.05) is 13.2 Å². The summed E-state index contributed by atoms with van der Waals surface area (Å²) in [5, 5.41) is 2.94. The first-order valence-corrected chi connectivity index (χ1v) is 7.09. The van der Waals surface area contributed by atoms with Crippen LogP contribution in [0, 0.1) is 6.92 Å². The number of amides is 1. The summed E-state index contributed by atoms with van der Waals surface area (Å²) in [6, 6.07) is 1.90. The molecule has 1 aromatic heterocycles. The second-order valence-electron chi connectivity index (χ2n) is 4.73. The topological polar surface area (TPSA) is 60.3 Å². The molecule has 0 unspecified atom stereocenters. The summed E-state index contributed by atoms with van der Waals surface area (Å²) in [5.74, 6) is -0.133. The van der Waals surface area contributed by atoms with Crippen LogP contribution in [0.25, 0.3) is 0 Å². The standard InChI is InChI=1S/C13H17BrN2O3/c1-9-6-10(14)7-16(13(9)18)8-12(17)15-11-2-4-19-5-3-11/h6-7,11H,2-5,8H2,1H3,(H,15,17). The lowest BCUT2D eigenvalue weighted by atomic mass is 10.1. The molecule has 0 saturated carbocycles. The molecule has 2 heterocycles. The zero-order chi connectivity index (χ0) is 13.8. The first-order valence-electron chi connectivity index (χ1n) is 6.30. The van der Waals surface area contributed by atoms with Crippen molar-refractivity contribution in [3.63, 3.8) is 0 Å². The number of hydrogen-bond donors (Lipinski definition) is 1. The van der Waals surface area contributed by atoms with Gasteiger partial charge in [0.05, 0.1) is 0 Å². The van der Waals surface area contributed by atoms with E-state index in [4.69, 9.17) is 4.74 Å². The number of carbonyl (C=O) groups excluding carboxylic acids is 1. The molecule has 1 fully saturated rings. The molecule has 1 N–H and O–H groups in total. The quantitative estimate of drug-likeness (QED) is 0.907. The van der Waals surface area contributed by atoms with Crippen molar-refractivity contribution in [2.45, 2.75) is 32.4 Å². The molecule has 0 aliphatic carbocycles. The van der Waals surface area contributed by atoms with Gasteiger partial charge in [0.25, 0.3) is 5.56 Å². The van der Waals surface area contributed by atoms with E-state index in [0.29, 0.717) is 18.8 Å². The van der Waals surface area contributed by atoms with Gasteiger partial charge in [0.1, 0.15) is 6.54 Å². The largest absolute Gasteiger partial charge is 0.381 e. The summed E-state index contributed by atoms with van der Waals surface area (Å²) in [4.78, 5) is 23.8. The number of ether oxygens (including phenoxy) is 1. The summed E-state index contributed by atoms with van der Waals surface area (Å²) in [5.41, 5.74) is 0.485. The number of nitrogens with one attached hydrogen (secondary N) is 1. The Bertz CT molecular complexity index is 521. The van der Waals surface area contributed by atoms with Crippen molar-refractivity contribution in [2.24, 2.45) is 0 Å². The molecule has 1 aromatic rings. The number of halogens is 1. The highest BCUT2D eigenvalue weighted by atomic mass is 79.9. The first-order chi connectivity index (χ1) is 9.06. The van der Waals surface area contributed by atoms with Gasteiger partial charge in [-0.15, -0.1) is 0 Å². The Hall–Kier alpha value is -1.14. The van der Waals surface area contributed by atoms with Crippen molar-refractivity contribution < 1.29 is 9.53 Å². The number of pyridine rings is 1. The molecule has 1 aliphatic rings. The number of hydrogen-bond acceptors (Lipinski definition) is 3. The third kappa shape index (κ3) is 3.91. The molecular weight excluding hydrogens is 312 g/mol. The average molecular weight is 329 g/mol. The van der Waals surface area contributed by atoms with E-state index in [1.807, 2.05) is 0 Å². The van der Waals surface area contributed by atoms with Crippen LogP contribution in [0.2, 0.25) is 0 Å². The third-order valence-electron chi connectivity index (χ3n) is 3.13. The van der Waals surface area contributed by atoms with Crippen LogP contribution in [-0.2, 0) is 16.1 Å². The van der Waals surface area contributed by atoms with E-state index < -0.39 is 0 Å². The van der Waals surface area contributed by atoms with Crippen molar-refractivity contribution in [1.29, 1.82) is 0 Å². The zero-order valence-corrected chi connectivity index (χ0v) is 12.4. The molecule has 0 radical (unpaired) electrons. The fourth-order valence-corrected chi connectivity index (χ4v) is 2.72. The third-order valence-corrected chi connectivity index (χ3v) is 3.57. The van der Waals surface area contributed by atoms with Gasteiger partial charge in [0, 0.05) is 35.5 Å². The maximum atomic E-state index is 11.9. The van der Waals surface area contributed by atoms with Gasteiger partial charge in [0.2, 0.25) is 5.91 Å². The van der Waals surface area contributed by atoms with Gasteiger partial charge in [-0.1, -0.05) is 0 Å². The van der Waals surface area contributed by atoms with Crippen molar-refractivity contribution >= 4 is 21.8 Å². The minimum Gasteiger partial charge on any atom is -0.381 e. The fourth-order valence-electron chi connectivity index (χ4n) is 2.13. The number of rotatable bonds is 3. The Labute approximate surface area is 120 Å². The first kappa shape index (κ1) is 14.3. The van der Waals surface area contributed by atoms with E-state index >= 15 is 0 Å². The van der Waals surface area contributed by atoms with Gasteiger partial charge in [0.15, 0.2) is 0 Å². The molecule has 0 atom stereocenters. The van der Waals surface area contributed by atoms with E-state index in [9.17, 15) is 9.59 Å². The summed E-state index contributed by atoms with van der Waals surface area (Å²) in [6.45, 7) is 3.15. The zero-order valence-electron chi connectivity index (χ0n) is 10.8. The van der Waals surface area contributed by atoms with Crippen LogP contribution in [0.5, 0.6) is 0 Å². The average Bonchev–Trinajstić information content (AvgIpc) is 2.36. The van der Waals surface area contributed by atoms with Crippen LogP contribution in [0.1, 0.15) is 18.4 Å². The van der Waals surface area contributed by atoms with Crippen LogP contribution >= 0.6 is 15.9 Å². The normalized spacial score (nSPS) is 16.3. The Morgan fingerprint density at radius 2 is 2.21 bits per heavy atom. The second-order valence-corrected chi connectivity index (χ2v) is 5.64. The van der Waals surface area contributed by atoms with Gasteiger partial charge < -0.3 is 14.6 Å². The predicted octanol–water partition coefficient (Wildman–Crippen LogP) is 1.21. The van der Waals surface area contributed by atoms with Crippen LogP contribution < -0.4 is 10.9 Å². The molecule has 0 spiro atoms. The maximum Gasteiger partial charge on any atom is 0.253 e. The molecule has 1 aliphatic heterocycles. The molecule has 1 amide bonds. The van der Waals surface area contributed by atoms with Gasteiger partial charge in [-0.3, -0.25) is 9.59 Å². The highest BCUT2D eigenvalue weighted by molar-refractivity contribution is 9.10. The van der Waals surface area contributed by atoms with Crippen molar-refractivity contribution in [3.8, 4) is 0 Å². The lowest BCUT2D eigenvalue weighted by Gasteiger charge is -2.23. The van der Waals surface area contributed by atoms with E-state index in [-0.39, 0.29) is 24.1 Å². The van der Waals surface area contributed by atoms with Gasteiger partial charge in [-0.05, 0) is 41.8 Å². The van der Waals surface area contributed by atoms with E-state index in [2.05, 4.69) is 21.2 Å². The minimum atomic E-state index is -0.134. The van der Waals surface area contributed by atoms with Gasteiger partial charge in [-0.25, -0.2) is 0 Å². The number of carbonyl (C=O) groups is 1. The number of aryl methyl sites for hydroxylation is 1. The summed E-state index contributed by atoms with van der Waals surface area (Å²) >= 11 is 3.33. The smallest absolute Gasteiger partial charge is 0.253 e. The van der Waals surface area contributed by atoms with Crippen LogP contribution in [0.4, 0.5) is 0 Å². The predicted molar refractivity (Wildman–Crippen MR) is 75.1 cm³/mol. The maximum absolute atomic E-state index is 11.9. The highest BCUT2D eigenvalue weighted by Crippen LogP contribution is 2.09. The molecule has 6 heteroatoms. The fraction of sp³-hybridized carbons (Fsp3) is 0.538. The van der Waals surface area contributed by atoms with Gasteiger partial charge >= 0.3 is 0 Å². The van der Waals surface area contributed by atoms with Crippen molar-refractivity contribution in [3.05, 3.63) is 32.7 Å². The second kappa shape index (κ2) is 6.34. The Morgan fingerprint density at radius 1 is 1.53 bits per heavy atom. The number of nitrogens with zero attached hydrogens (tertiary/aromatic N) is 1. The molecule has 5 nitrogen and oxygen atoms in total. The molecule has 0 aromatic carbocycles. The van der Waals surface area contributed by atoms with Crippen molar-refractivity contribution in [1.82, 2.24) is 9.88 Å². The van der Waals surface area contributed by atoms with Crippen LogP contribution in [-0.4, -0.2) is 29.7 Å². The molecule has 19 heavy (non-hydrogen) atoms. The van der Waals surface area contributed by atoms with Crippen LogP contribution in [0.3, 0.4) is 0 Å². The Balaban J connectivity index is 2.00. The lowest BCUT2D eigenvalue weighted by Crippen LogP contribution is -2.41. The molecule has 104 valence electrons. The Kier molecular flexibility index (Phi) is 4.76. The summed E-state index contributed by atoms with van der Waals surface area (Å²) < 4.78 is 7.46. The molecular formula is C13H17BrN2O3.